The molecule has 0 atom stereocenters. The second-order valence-electron chi connectivity index (χ2n) is 3.19. The lowest BCUT2D eigenvalue weighted by molar-refractivity contribution is 1.27. The van der Waals surface area contributed by atoms with E-state index in [0.29, 0.717) is 0 Å². The highest BCUT2D eigenvalue weighted by Gasteiger charge is 2.14. The summed E-state index contributed by atoms with van der Waals surface area (Å²) in [5.41, 5.74) is 4.53. The van der Waals surface area contributed by atoms with Gasteiger partial charge in [0, 0.05) is 3.57 Å². The zero-order valence-corrected chi connectivity index (χ0v) is 9.42. The van der Waals surface area contributed by atoms with Gasteiger partial charge in [-0.1, -0.05) is 12.1 Å². The number of benzene rings is 1. The Morgan fingerprint density at radius 1 is 1.46 bits per heavy atom. The van der Waals surface area contributed by atoms with Crippen LogP contribution in [0.2, 0.25) is 0 Å². The molecule has 0 N–H and O–H groups in total. The molecule has 0 aromatic heterocycles. The third-order valence-electron chi connectivity index (χ3n) is 2.32. The molecular formula is C11H8IN. The number of fused-ring (bicyclic) bond motifs is 1. The Morgan fingerprint density at radius 2 is 2.23 bits per heavy atom. The van der Waals surface area contributed by atoms with Gasteiger partial charge in [0.05, 0.1) is 11.6 Å². The average Bonchev–Trinajstić information content (AvgIpc) is 2.48. The molecule has 1 aliphatic carbocycles. The average molecular weight is 281 g/mol. The first-order chi connectivity index (χ1) is 6.22. The van der Waals surface area contributed by atoms with Crippen LogP contribution in [0, 0.1) is 21.8 Å². The summed E-state index contributed by atoms with van der Waals surface area (Å²) in [5.74, 6) is 0. The molecule has 1 nitrogen and oxygen atoms in total. The van der Waals surface area contributed by atoms with Crippen molar-refractivity contribution in [1.29, 1.82) is 5.26 Å². The summed E-state index contributed by atoms with van der Waals surface area (Å²) in [6.45, 7) is 2.10. The van der Waals surface area contributed by atoms with Crippen molar-refractivity contribution in [3.63, 3.8) is 0 Å². The SMILES string of the molecule is Cc1cc2c(cc1I)C(C#N)=CC2. The van der Waals surface area contributed by atoms with E-state index in [1.165, 1.54) is 14.7 Å². The van der Waals surface area contributed by atoms with Gasteiger partial charge < -0.3 is 0 Å². The van der Waals surface area contributed by atoms with Crippen molar-refractivity contribution in [2.24, 2.45) is 0 Å². The molecule has 0 radical (unpaired) electrons. The van der Waals surface area contributed by atoms with E-state index in [1.807, 2.05) is 6.08 Å². The fourth-order valence-electron chi connectivity index (χ4n) is 1.59. The molecular weight excluding hydrogens is 273 g/mol. The van der Waals surface area contributed by atoms with Gasteiger partial charge in [-0.25, -0.2) is 0 Å². The lowest BCUT2D eigenvalue weighted by atomic mass is 10.0. The molecule has 64 valence electrons. The number of aryl methyl sites for hydroxylation is 1. The largest absolute Gasteiger partial charge is 0.192 e. The van der Waals surface area contributed by atoms with E-state index in [0.717, 1.165) is 17.6 Å². The summed E-state index contributed by atoms with van der Waals surface area (Å²) in [4.78, 5) is 0. The Hall–Kier alpha value is -0.820. The maximum absolute atomic E-state index is 8.85. The maximum Gasteiger partial charge on any atom is 0.0994 e. The Kier molecular flexibility index (Phi) is 2.12. The van der Waals surface area contributed by atoms with Crippen molar-refractivity contribution in [2.75, 3.05) is 0 Å². The second-order valence-corrected chi connectivity index (χ2v) is 4.35. The molecule has 13 heavy (non-hydrogen) atoms. The number of hydrogen-bond acceptors (Lipinski definition) is 1. The van der Waals surface area contributed by atoms with Crippen molar-refractivity contribution in [1.82, 2.24) is 0 Å². The Morgan fingerprint density at radius 3 is 2.92 bits per heavy atom. The summed E-state index contributed by atoms with van der Waals surface area (Å²) >= 11 is 2.31. The molecule has 0 amide bonds. The molecule has 0 spiro atoms. The lowest BCUT2D eigenvalue weighted by Gasteiger charge is -2.04. The van der Waals surface area contributed by atoms with Crippen molar-refractivity contribution < 1.29 is 0 Å². The molecule has 0 saturated heterocycles. The zero-order chi connectivity index (χ0) is 9.42. The quantitative estimate of drug-likeness (QED) is 0.670. The van der Waals surface area contributed by atoms with Crippen LogP contribution in [0.5, 0.6) is 0 Å². The highest BCUT2D eigenvalue weighted by Crippen LogP contribution is 2.29. The van der Waals surface area contributed by atoms with Crippen LogP contribution in [-0.2, 0) is 6.42 Å². The van der Waals surface area contributed by atoms with Crippen LogP contribution in [0.4, 0.5) is 0 Å². The Bertz CT molecular complexity index is 438. The van der Waals surface area contributed by atoms with Gasteiger partial charge in [-0.15, -0.1) is 0 Å². The minimum Gasteiger partial charge on any atom is -0.192 e. The number of hydrogen-bond donors (Lipinski definition) is 0. The van der Waals surface area contributed by atoms with E-state index < -0.39 is 0 Å². The predicted molar refractivity (Wildman–Crippen MR) is 61.2 cm³/mol. The first kappa shape index (κ1) is 8.76. The monoisotopic (exact) mass is 281 g/mol. The number of rotatable bonds is 0. The van der Waals surface area contributed by atoms with E-state index in [-0.39, 0.29) is 0 Å². The Balaban J connectivity index is 2.62. The van der Waals surface area contributed by atoms with Crippen molar-refractivity contribution in [2.45, 2.75) is 13.3 Å². The third kappa shape index (κ3) is 1.37. The van der Waals surface area contributed by atoms with Crippen LogP contribution >= 0.6 is 22.6 Å². The van der Waals surface area contributed by atoms with Crippen molar-refractivity contribution in [3.05, 3.63) is 38.5 Å². The molecule has 0 saturated carbocycles. The third-order valence-corrected chi connectivity index (χ3v) is 3.48. The molecule has 0 fully saturated rings. The first-order valence-corrected chi connectivity index (χ1v) is 5.20. The van der Waals surface area contributed by atoms with Gasteiger partial charge >= 0.3 is 0 Å². The summed E-state index contributed by atoms with van der Waals surface area (Å²) < 4.78 is 1.24. The predicted octanol–water partition coefficient (Wildman–Crippen LogP) is 3.06. The second kappa shape index (κ2) is 3.15. The summed E-state index contributed by atoms with van der Waals surface area (Å²) in [5, 5.41) is 8.85. The number of allylic oxidation sites excluding steroid dienone is 2. The molecule has 0 aliphatic heterocycles. The maximum atomic E-state index is 8.85. The molecule has 0 unspecified atom stereocenters. The van der Waals surface area contributed by atoms with E-state index in [4.69, 9.17) is 5.26 Å². The number of nitriles is 1. The molecule has 0 heterocycles. The van der Waals surface area contributed by atoms with Gasteiger partial charge in [0.1, 0.15) is 0 Å². The standard InChI is InChI=1S/C11H8IN/c1-7-4-8-2-3-9(6-13)10(8)5-11(7)12/h3-5H,2H2,1H3. The normalized spacial score (nSPS) is 13.5. The molecule has 1 aromatic rings. The summed E-state index contributed by atoms with van der Waals surface area (Å²) in [6, 6.07) is 6.51. The van der Waals surface area contributed by atoms with Crippen LogP contribution in [0.15, 0.2) is 18.2 Å². The van der Waals surface area contributed by atoms with Crippen LogP contribution in [0.25, 0.3) is 5.57 Å². The lowest BCUT2D eigenvalue weighted by Crippen LogP contribution is -1.88. The highest BCUT2D eigenvalue weighted by molar-refractivity contribution is 14.1. The molecule has 2 rings (SSSR count). The van der Waals surface area contributed by atoms with Crippen LogP contribution < -0.4 is 0 Å². The van der Waals surface area contributed by atoms with Crippen LogP contribution in [0.3, 0.4) is 0 Å². The van der Waals surface area contributed by atoms with E-state index in [9.17, 15) is 0 Å². The van der Waals surface area contributed by atoms with Gasteiger partial charge in [-0.3, -0.25) is 0 Å². The summed E-state index contributed by atoms with van der Waals surface area (Å²) in [6.07, 6.45) is 2.91. The zero-order valence-electron chi connectivity index (χ0n) is 7.26. The van der Waals surface area contributed by atoms with E-state index in [2.05, 4.69) is 47.7 Å². The van der Waals surface area contributed by atoms with Crippen molar-refractivity contribution >= 4 is 28.2 Å². The molecule has 0 bridgehead atoms. The van der Waals surface area contributed by atoms with Gasteiger partial charge in [-0.2, -0.15) is 5.26 Å². The fraction of sp³-hybridized carbons (Fsp3) is 0.182. The van der Waals surface area contributed by atoms with Gasteiger partial charge in [0.15, 0.2) is 0 Å². The number of halogens is 1. The minimum absolute atomic E-state index is 0.827. The van der Waals surface area contributed by atoms with E-state index >= 15 is 0 Å². The molecule has 2 heteroatoms. The highest BCUT2D eigenvalue weighted by atomic mass is 127. The topological polar surface area (TPSA) is 23.8 Å². The van der Waals surface area contributed by atoms with Crippen molar-refractivity contribution in [3.8, 4) is 6.07 Å². The molecule has 1 aliphatic rings. The Labute approximate surface area is 91.2 Å². The van der Waals surface area contributed by atoms with Gasteiger partial charge in [0.25, 0.3) is 0 Å². The van der Waals surface area contributed by atoms with Gasteiger partial charge in [-0.05, 0) is 58.7 Å². The smallest absolute Gasteiger partial charge is 0.0994 e. The molecule has 1 aromatic carbocycles. The first-order valence-electron chi connectivity index (χ1n) is 4.12. The van der Waals surface area contributed by atoms with E-state index in [1.54, 1.807) is 0 Å². The van der Waals surface area contributed by atoms with Crippen LogP contribution in [0.1, 0.15) is 16.7 Å². The van der Waals surface area contributed by atoms with Gasteiger partial charge in [0.2, 0.25) is 0 Å². The van der Waals surface area contributed by atoms with Crippen LogP contribution in [-0.4, -0.2) is 0 Å². The summed E-state index contributed by atoms with van der Waals surface area (Å²) in [7, 11) is 0. The number of nitrogens with zero attached hydrogens (tertiary/aromatic N) is 1. The minimum atomic E-state index is 0.827. The fourth-order valence-corrected chi connectivity index (χ4v) is 2.06.